The molecule has 0 aliphatic carbocycles. The van der Waals surface area contributed by atoms with Gasteiger partial charge in [0.05, 0.1) is 30.2 Å². The monoisotopic (exact) mass is 598 g/mol. The van der Waals surface area contributed by atoms with Crippen molar-refractivity contribution in [2.24, 2.45) is 0 Å². The van der Waals surface area contributed by atoms with Crippen LogP contribution in [0.15, 0.2) is 91.5 Å². The number of morpholine rings is 1. The Hall–Kier alpha value is -3.31. The highest BCUT2D eigenvalue weighted by molar-refractivity contribution is 8.05. The van der Waals surface area contributed by atoms with Gasteiger partial charge in [-0.25, -0.2) is 0 Å². The van der Waals surface area contributed by atoms with Crippen LogP contribution in [0.25, 0.3) is 0 Å². The van der Waals surface area contributed by atoms with Crippen LogP contribution in [0.1, 0.15) is 41.9 Å². The molecule has 3 aliphatic heterocycles. The standard InChI is InChI=1S/C32H34N6O2S2/c1-21-18-35-25(19-34-21)24(10-14-37-12-4-13-37)36-22-8-9-28-30(17-22)41-29-7-2-5-23(31(29)42-28)27-20-38(15-16-40-27)26-6-3-11-33-32(26)39/h2-3,5-9,11,17-19,24,27,36H,4,10,12-16,20H2,1H3,(H,33,39). The second-order valence-corrected chi connectivity index (χ2v) is 13.1. The highest BCUT2D eigenvalue weighted by Gasteiger charge is 2.29. The minimum Gasteiger partial charge on any atom is -0.377 e. The van der Waals surface area contributed by atoms with Crippen LogP contribution in [0.4, 0.5) is 11.4 Å². The lowest BCUT2D eigenvalue weighted by Gasteiger charge is -2.35. The highest BCUT2D eigenvalue weighted by Crippen LogP contribution is 2.52. The molecule has 0 amide bonds. The van der Waals surface area contributed by atoms with Crippen molar-refractivity contribution in [1.82, 2.24) is 19.9 Å². The lowest BCUT2D eigenvalue weighted by Crippen LogP contribution is -2.41. The largest absolute Gasteiger partial charge is 0.377 e. The number of hydrogen-bond donors (Lipinski definition) is 2. The number of aromatic amines is 1. The van der Waals surface area contributed by atoms with E-state index in [0.717, 1.165) is 30.0 Å². The van der Waals surface area contributed by atoms with E-state index < -0.39 is 0 Å². The summed E-state index contributed by atoms with van der Waals surface area (Å²) in [4.78, 5) is 34.1. The van der Waals surface area contributed by atoms with Crippen molar-refractivity contribution in [1.29, 1.82) is 0 Å². The van der Waals surface area contributed by atoms with Gasteiger partial charge in [-0.3, -0.25) is 14.8 Å². The maximum Gasteiger partial charge on any atom is 0.271 e. The summed E-state index contributed by atoms with van der Waals surface area (Å²) in [6, 6.07) is 17.0. The third-order valence-corrected chi connectivity index (χ3v) is 10.7. The number of H-pyrrole nitrogens is 1. The van der Waals surface area contributed by atoms with Crippen molar-refractivity contribution in [3.05, 3.63) is 94.4 Å². The van der Waals surface area contributed by atoms with Gasteiger partial charge in [0.1, 0.15) is 11.8 Å². The van der Waals surface area contributed by atoms with Crippen LogP contribution in [0.3, 0.4) is 0 Å². The highest BCUT2D eigenvalue weighted by atomic mass is 32.2. The van der Waals surface area contributed by atoms with E-state index in [4.69, 9.17) is 9.72 Å². The van der Waals surface area contributed by atoms with Gasteiger partial charge in [-0.05, 0) is 74.8 Å². The molecule has 7 rings (SSSR count). The molecule has 2 saturated heterocycles. The quantitative estimate of drug-likeness (QED) is 0.226. The first-order valence-corrected chi connectivity index (χ1v) is 16.2. The molecular weight excluding hydrogens is 565 g/mol. The lowest BCUT2D eigenvalue weighted by molar-refractivity contribution is 0.0378. The molecule has 42 heavy (non-hydrogen) atoms. The van der Waals surface area contributed by atoms with Gasteiger partial charge in [0, 0.05) is 57.3 Å². The maximum atomic E-state index is 12.4. The third kappa shape index (κ3) is 5.81. The van der Waals surface area contributed by atoms with Crippen LogP contribution < -0.4 is 15.8 Å². The number of likely N-dealkylation sites (tertiary alicyclic amines) is 1. The van der Waals surface area contributed by atoms with Crippen molar-refractivity contribution in [3.63, 3.8) is 0 Å². The Labute approximate surface area is 254 Å². The van der Waals surface area contributed by atoms with Gasteiger partial charge in [0.15, 0.2) is 0 Å². The number of aromatic nitrogens is 3. The molecule has 2 unspecified atom stereocenters. The van der Waals surface area contributed by atoms with E-state index in [1.54, 1.807) is 6.20 Å². The molecule has 2 aromatic carbocycles. The Kier molecular flexibility index (Phi) is 7.94. The third-order valence-electron chi connectivity index (χ3n) is 8.12. The van der Waals surface area contributed by atoms with E-state index in [1.807, 2.05) is 55.0 Å². The fourth-order valence-corrected chi connectivity index (χ4v) is 8.13. The topological polar surface area (TPSA) is 86.4 Å². The Balaban J connectivity index is 1.10. The van der Waals surface area contributed by atoms with E-state index in [-0.39, 0.29) is 17.7 Å². The first-order valence-electron chi connectivity index (χ1n) is 14.5. The van der Waals surface area contributed by atoms with E-state index in [1.165, 1.54) is 44.7 Å². The maximum absolute atomic E-state index is 12.4. The molecule has 0 radical (unpaired) electrons. The van der Waals surface area contributed by atoms with Crippen molar-refractivity contribution in [2.45, 2.75) is 51.5 Å². The predicted molar refractivity (Wildman–Crippen MR) is 168 cm³/mol. The van der Waals surface area contributed by atoms with Gasteiger partial charge >= 0.3 is 0 Å². The van der Waals surface area contributed by atoms with Gasteiger partial charge in [0.2, 0.25) is 0 Å². The number of nitrogens with one attached hydrogen (secondary N) is 2. The fraction of sp³-hybridized carbons (Fsp3) is 0.344. The molecule has 2 aromatic heterocycles. The molecule has 8 nitrogen and oxygen atoms in total. The van der Waals surface area contributed by atoms with Crippen molar-refractivity contribution in [3.8, 4) is 0 Å². The van der Waals surface area contributed by atoms with Gasteiger partial charge in [-0.1, -0.05) is 35.7 Å². The summed E-state index contributed by atoms with van der Waals surface area (Å²) in [6.45, 7) is 7.33. The SMILES string of the molecule is Cc1cnc(C(CCN2CCC2)Nc2ccc3c(c2)Sc2cccc(C4CN(c5ccc[nH]c5=O)CCO4)c2S3)cn1. The number of anilines is 2. The molecule has 0 saturated carbocycles. The molecule has 0 bridgehead atoms. The number of nitrogens with zero attached hydrogens (tertiary/aromatic N) is 4. The van der Waals surface area contributed by atoms with Crippen LogP contribution in [0, 0.1) is 6.92 Å². The van der Waals surface area contributed by atoms with E-state index in [9.17, 15) is 4.79 Å². The van der Waals surface area contributed by atoms with Crippen LogP contribution >= 0.6 is 23.5 Å². The number of fused-ring (bicyclic) bond motifs is 2. The number of rotatable bonds is 8. The summed E-state index contributed by atoms with van der Waals surface area (Å²) in [7, 11) is 0. The Bertz CT molecular complexity index is 1620. The number of aryl methyl sites for hydroxylation is 1. The summed E-state index contributed by atoms with van der Waals surface area (Å²) in [5, 5.41) is 3.78. The molecule has 216 valence electrons. The summed E-state index contributed by atoms with van der Waals surface area (Å²) in [5.41, 5.74) is 4.82. The Morgan fingerprint density at radius 3 is 2.79 bits per heavy atom. The lowest BCUT2D eigenvalue weighted by atomic mass is 10.1. The van der Waals surface area contributed by atoms with Crippen LogP contribution in [0.2, 0.25) is 0 Å². The average molecular weight is 599 g/mol. The zero-order valence-corrected chi connectivity index (χ0v) is 25.2. The molecule has 5 heterocycles. The van der Waals surface area contributed by atoms with Gasteiger partial charge in [-0.15, -0.1) is 0 Å². The van der Waals surface area contributed by atoms with E-state index in [2.05, 4.69) is 61.5 Å². The Morgan fingerprint density at radius 2 is 1.98 bits per heavy atom. The van der Waals surface area contributed by atoms with E-state index in [0.29, 0.717) is 25.4 Å². The second kappa shape index (κ2) is 12.1. The first kappa shape index (κ1) is 27.5. The van der Waals surface area contributed by atoms with Gasteiger partial charge in [-0.2, -0.15) is 0 Å². The zero-order chi connectivity index (χ0) is 28.5. The van der Waals surface area contributed by atoms with Gasteiger partial charge < -0.3 is 24.8 Å². The fourth-order valence-electron chi connectivity index (χ4n) is 5.68. The first-order chi connectivity index (χ1) is 20.6. The number of hydrogen-bond acceptors (Lipinski definition) is 9. The van der Waals surface area contributed by atoms with Gasteiger partial charge in [0.25, 0.3) is 5.56 Å². The normalized spacial score (nSPS) is 19.0. The summed E-state index contributed by atoms with van der Waals surface area (Å²) in [6.07, 6.45) is 7.61. The van der Waals surface area contributed by atoms with E-state index >= 15 is 0 Å². The number of ether oxygens (including phenoxy) is 1. The average Bonchev–Trinajstić information content (AvgIpc) is 2.99. The molecule has 0 spiro atoms. The number of pyridine rings is 1. The second-order valence-electron chi connectivity index (χ2n) is 11.0. The molecule has 4 aromatic rings. The van der Waals surface area contributed by atoms with Crippen LogP contribution in [-0.2, 0) is 4.74 Å². The number of benzene rings is 2. The van der Waals surface area contributed by atoms with Crippen LogP contribution in [0.5, 0.6) is 0 Å². The molecule has 2 atom stereocenters. The summed E-state index contributed by atoms with van der Waals surface area (Å²) in [5.74, 6) is 0. The molecule has 10 heteroatoms. The molecular formula is C32H34N6O2S2. The Morgan fingerprint density at radius 1 is 1.05 bits per heavy atom. The smallest absolute Gasteiger partial charge is 0.271 e. The molecule has 2 N–H and O–H groups in total. The van der Waals surface area contributed by atoms with Crippen molar-refractivity contribution < 1.29 is 4.74 Å². The summed E-state index contributed by atoms with van der Waals surface area (Å²) < 4.78 is 6.27. The predicted octanol–water partition coefficient (Wildman–Crippen LogP) is 5.92. The molecule has 3 aliphatic rings. The minimum atomic E-state index is -0.105. The van der Waals surface area contributed by atoms with Crippen LogP contribution in [-0.4, -0.2) is 59.2 Å². The van der Waals surface area contributed by atoms with Crippen molar-refractivity contribution >= 4 is 34.9 Å². The minimum absolute atomic E-state index is 0.0614. The zero-order valence-electron chi connectivity index (χ0n) is 23.6. The van der Waals surface area contributed by atoms with Crippen molar-refractivity contribution in [2.75, 3.05) is 49.5 Å². The summed E-state index contributed by atoms with van der Waals surface area (Å²) >= 11 is 3.62. The molecule has 2 fully saturated rings.